The van der Waals surface area contributed by atoms with Gasteiger partial charge in [0.1, 0.15) is 6.54 Å². The lowest BCUT2D eigenvalue weighted by molar-refractivity contribution is -0.135. The fraction of sp³-hybridized carbons (Fsp3) is 0.429. The van der Waals surface area contributed by atoms with Gasteiger partial charge < -0.3 is 10.0 Å². The van der Waals surface area contributed by atoms with Crippen molar-refractivity contribution in [3.63, 3.8) is 0 Å². The van der Waals surface area contributed by atoms with E-state index in [1.807, 2.05) is 36.1 Å². The van der Waals surface area contributed by atoms with E-state index in [2.05, 4.69) is 6.07 Å². The average molecular weight is 246 g/mol. The molecule has 18 heavy (non-hydrogen) atoms. The Balaban J connectivity index is 2.63. The summed E-state index contributed by atoms with van der Waals surface area (Å²) in [5.41, 5.74) is 2.07. The van der Waals surface area contributed by atoms with Crippen LogP contribution in [0, 0.1) is 18.3 Å². The Morgan fingerprint density at radius 2 is 2.00 bits per heavy atom. The summed E-state index contributed by atoms with van der Waals surface area (Å²) >= 11 is 0. The predicted octanol–water partition coefficient (Wildman–Crippen LogP) is 2.58. The number of nitrogens with zero attached hydrogens (tertiary/aromatic N) is 2. The second kappa shape index (κ2) is 7.33. The van der Waals surface area contributed by atoms with Gasteiger partial charge in [0.25, 0.3) is 0 Å². The van der Waals surface area contributed by atoms with Gasteiger partial charge in [-0.2, -0.15) is 5.26 Å². The van der Waals surface area contributed by atoms with Crippen LogP contribution in [0.4, 0.5) is 5.69 Å². The highest BCUT2D eigenvalue weighted by atomic mass is 16.4. The standard InChI is InChI=1S/C14H18N2O2/c1-12-5-7-13(8-6-12)16(11-14(17)18)10-4-2-3-9-15/h5-8H,2-4,10-11H2,1H3,(H,17,18). The van der Waals surface area contributed by atoms with Gasteiger partial charge in [-0.05, 0) is 31.9 Å². The van der Waals surface area contributed by atoms with E-state index in [4.69, 9.17) is 10.4 Å². The van der Waals surface area contributed by atoms with E-state index in [0.717, 1.165) is 24.1 Å². The molecule has 1 aromatic carbocycles. The van der Waals surface area contributed by atoms with Gasteiger partial charge in [-0.1, -0.05) is 17.7 Å². The van der Waals surface area contributed by atoms with Crippen LogP contribution in [0.3, 0.4) is 0 Å². The van der Waals surface area contributed by atoms with Crippen LogP contribution in [0.2, 0.25) is 0 Å². The number of benzene rings is 1. The minimum Gasteiger partial charge on any atom is -0.480 e. The number of aliphatic carboxylic acids is 1. The Hall–Kier alpha value is -2.02. The monoisotopic (exact) mass is 246 g/mol. The first-order valence-electron chi connectivity index (χ1n) is 6.04. The van der Waals surface area contributed by atoms with Crippen LogP contribution in [-0.2, 0) is 4.79 Å². The molecule has 0 unspecified atom stereocenters. The van der Waals surface area contributed by atoms with Crippen molar-refractivity contribution in [3.05, 3.63) is 29.8 Å². The van der Waals surface area contributed by atoms with Gasteiger partial charge in [0, 0.05) is 18.7 Å². The third kappa shape index (κ3) is 4.88. The molecular formula is C14H18N2O2. The minimum absolute atomic E-state index is 0.00435. The van der Waals surface area contributed by atoms with E-state index in [1.54, 1.807) is 0 Å². The van der Waals surface area contributed by atoms with Crippen molar-refractivity contribution in [2.75, 3.05) is 18.0 Å². The highest BCUT2D eigenvalue weighted by molar-refractivity contribution is 5.73. The number of hydrogen-bond donors (Lipinski definition) is 1. The molecule has 1 N–H and O–H groups in total. The van der Waals surface area contributed by atoms with Gasteiger partial charge in [-0.25, -0.2) is 0 Å². The second-order valence-electron chi connectivity index (χ2n) is 4.27. The van der Waals surface area contributed by atoms with Crippen molar-refractivity contribution in [1.82, 2.24) is 0 Å². The fourth-order valence-corrected chi connectivity index (χ4v) is 1.73. The van der Waals surface area contributed by atoms with Gasteiger partial charge in [-0.15, -0.1) is 0 Å². The number of nitriles is 1. The number of rotatable bonds is 7. The molecule has 0 fully saturated rings. The summed E-state index contributed by atoms with van der Waals surface area (Å²) in [6.45, 7) is 2.66. The third-order valence-corrected chi connectivity index (χ3v) is 2.69. The van der Waals surface area contributed by atoms with Crippen LogP contribution >= 0.6 is 0 Å². The Labute approximate surface area is 107 Å². The molecule has 0 saturated heterocycles. The van der Waals surface area contributed by atoms with Crippen LogP contribution in [-0.4, -0.2) is 24.2 Å². The zero-order chi connectivity index (χ0) is 13.4. The lowest BCUT2D eigenvalue weighted by Crippen LogP contribution is -2.30. The zero-order valence-electron chi connectivity index (χ0n) is 10.6. The van der Waals surface area contributed by atoms with E-state index in [0.29, 0.717) is 13.0 Å². The summed E-state index contributed by atoms with van der Waals surface area (Å²) in [5.74, 6) is -0.837. The van der Waals surface area contributed by atoms with Crippen LogP contribution in [0.1, 0.15) is 24.8 Å². The number of anilines is 1. The van der Waals surface area contributed by atoms with Crippen molar-refractivity contribution < 1.29 is 9.90 Å². The second-order valence-corrected chi connectivity index (χ2v) is 4.27. The summed E-state index contributed by atoms with van der Waals surface area (Å²) in [7, 11) is 0. The lowest BCUT2D eigenvalue weighted by Gasteiger charge is -2.22. The number of carboxylic acids is 1. The Bertz CT molecular complexity index is 420. The minimum atomic E-state index is -0.837. The molecule has 1 aromatic rings. The summed E-state index contributed by atoms with van der Waals surface area (Å²) < 4.78 is 0. The molecule has 0 aromatic heterocycles. The van der Waals surface area contributed by atoms with E-state index >= 15 is 0 Å². The molecule has 0 saturated carbocycles. The topological polar surface area (TPSA) is 64.3 Å². The van der Waals surface area contributed by atoms with Crippen LogP contribution in [0.25, 0.3) is 0 Å². The lowest BCUT2D eigenvalue weighted by atomic mass is 10.2. The first kappa shape index (κ1) is 14.0. The number of unbranched alkanes of at least 4 members (excludes halogenated alkanes) is 2. The van der Waals surface area contributed by atoms with E-state index in [-0.39, 0.29) is 6.54 Å². The third-order valence-electron chi connectivity index (χ3n) is 2.69. The Morgan fingerprint density at radius 3 is 2.56 bits per heavy atom. The van der Waals surface area contributed by atoms with Crippen molar-refractivity contribution in [2.24, 2.45) is 0 Å². The molecule has 4 heteroatoms. The maximum atomic E-state index is 10.8. The highest BCUT2D eigenvalue weighted by Crippen LogP contribution is 2.15. The molecule has 0 spiro atoms. The van der Waals surface area contributed by atoms with Crippen LogP contribution in [0.5, 0.6) is 0 Å². The van der Waals surface area contributed by atoms with Crippen LogP contribution in [0.15, 0.2) is 24.3 Å². The molecule has 96 valence electrons. The van der Waals surface area contributed by atoms with E-state index < -0.39 is 5.97 Å². The molecule has 0 aliphatic rings. The number of aryl methyl sites for hydroxylation is 1. The number of carbonyl (C=O) groups is 1. The molecule has 1 rings (SSSR count). The molecule has 0 atom stereocenters. The summed E-state index contributed by atoms with van der Waals surface area (Å²) in [4.78, 5) is 12.7. The SMILES string of the molecule is Cc1ccc(N(CCCCC#N)CC(=O)O)cc1. The molecule has 0 aliphatic carbocycles. The predicted molar refractivity (Wildman–Crippen MR) is 70.5 cm³/mol. The first-order chi connectivity index (χ1) is 8.63. The van der Waals surface area contributed by atoms with Gasteiger partial charge in [0.15, 0.2) is 0 Å². The Kier molecular flexibility index (Phi) is 5.72. The molecule has 0 radical (unpaired) electrons. The van der Waals surface area contributed by atoms with E-state index in [1.165, 1.54) is 0 Å². The van der Waals surface area contributed by atoms with Crippen molar-refractivity contribution >= 4 is 11.7 Å². The quantitative estimate of drug-likeness (QED) is 0.751. The molecule has 0 amide bonds. The summed E-state index contributed by atoms with van der Waals surface area (Å²) in [6, 6.07) is 9.90. The maximum Gasteiger partial charge on any atom is 0.323 e. The molecule has 0 aliphatic heterocycles. The van der Waals surface area contributed by atoms with Gasteiger partial charge in [0.05, 0.1) is 6.07 Å². The first-order valence-corrected chi connectivity index (χ1v) is 6.04. The zero-order valence-corrected chi connectivity index (χ0v) is 10.6. The molecule has 0 heterocycles. The number of carboxylic acid groups (broad SMARTS) is 1. The van der Waals surface area contributed by atoms with E-state index in [9.17, 15) is 4.79 Å². The normalized spacial score (nSPS) is 9.78. The maximum absolute atomic E-state index is 10.8. The largest absolute Gasteiger partial charge is 0.480 e. The highest BCUT2D eigenvalue weighted by Gasteiger charge is 2.09. The summed E-state index contributed by atoms with van der Waals surface area (Å²) in [6.07, 6.45) is 2.15. The van der Waals surface area contributed by atoms with Gasteiger partial charge in [0.2, 0.25) is 0 Å². The molecular weight excluding hydrogens is 228 g/mol. The van der Waals surface area contributed by atoms with Gasteiger partial charge >= 0.3 is 5.97 Å². The summed E-state index contributed by atoms with van der Waals surface area (Å²) in [5, 5.41) is 17.4. The smallest absolute Gasteiger partial charge is 0.323 e. The van der Waals surface area contributed by atoms with Crippen LogP contribution < -0.4 is 4.90 Å². The van der Waals surface area contributed by atoms with Crippen molar-refractivity contribution in [2.45, 2.75) is 26.2 Å². The average Bonchev–Trinajstić information content (AvgIpc) is 2.34. The molecule has 4 nitrogen and oxygen atoms in total. The number of hydrogen-bond acceptors (Lipinski definition) is 3. The van der Waals surface area contributed by atoms with Gasteiger partial charge in [-0.3, -0.25) is 4.79 Å². The fourth-order valence-electron chi connectivity index (χ4n) is 1.73. The Morgan fingerprint density at radius 1 is 1.33 bits per heavy atom. The van der Waals surface area contributed by atoms with Crippen molar-refractivity contribution in [3.8, 4) is 6.07 Å². The van der Waals surface area contributed by atoms with Crippen molar-refractivity contribution in [1.29, 1.82) is 5.26 Å². The molecule has 0 bridgehead atoms.